The van der Waals surface area contributed by atoms with Crippen molar-refractivity contribution in [2.24, 2.45) is 5.92 Å². The molecule has 2 aliphatic rings. The Kier molecular flexibility index (Phi) is 4.45. The molecule has 0 aromatic heterocycles. The number of ether oxygens (including phenoxy) is 1. The normalized spacial score (nSPS) is 25.5. The van der Waals surface area contributed by atoms with Gasteiger partial charge in [0.05, 0.1) is 9.80 Å². The lowest BCUT2D eigenvalue weighted by molar-refractivity contribution is 0.195. The molecule has 1 saturated heterocycles. The van der Waals surface area contributed by atoms with Crippen LogP contribution in [0.4, 0.5) is 0 Å². The summed E-state index contributed by atoms with van der Waals surface area (Å²) in [6.07, 6.45) is 3.87. The predicted molar refractivity (Wildman–Crippen MR) is 102 cm³/mol. The van der Waals surface area contributed by atoms with Gasteiger partial charge in [-0.3, -0.25) is 0 Å². The zero-order chi connectivity index (χ0) is 18.1. The quantitative estimate of drug-likeness (QED) is 0.727. The lowest BCUT2D eigenvalue weighted by atomic mass is 9.80. The van der Waals surface area contributed by atoms with Crippen LogP contribution in [0.2, 0.25) is 0 Å². The molecule has 26 heavy (non-hydrogen) atoms. The molecule has 0 N–H and O–H groups in total. The highest BCUT2D eigenvalue weighted by Crippen LogP contribution is 2.48. The van der Waals surface area contributed by atoms with E-state index in [1.807, 2.05) is 24.3 Å². The van der Waals surface area contributed by atoms with E-state index < -0.39 is 9.84 Å². The van der Waals surface area contributed by atoms with Crippen LogP contribution in [-0.2, 0) is 14.6 Å². The Bertz CT molecular complexity index is 930. The molecule has 4 heteroatoms. The van der Waals surface area contributed by atoms with E-state index in [1.54, 1.807) is 30.3 Å². The van der Waals surface area contributed by atoms with Crippen molar-refractivity contribution in [2.75, 3.05) is 0 Å². The zero-order valence-corrected chi connectivity index (χ0v) is 15.4. The molecular weight excluding hydrogens is 344 g/mol. The number of rotatable bonds is 4. The molecule has 0 spiro atoms. The first-order valence-corrected chi connectivity index (χ1v) is 10.4. The number of allylic oxidation sites excluding steroid dienone is 2. The van der Waals surface area contributed by atoms with Crippen LogP contribution in [0.15, 0.2) is 88.9 Å². The first-order valence-electron chi connectivity index (χ1n) is 8.97. The van der Waals surface area contributed by atoms with Crippen LogP contribution in [0, 0.1) is 5.92 Å². The second kappa shape index (κ2) is 6.76. The fourth-order valence-electron chi connectivity index (χ4n) is 4.05. The summed E-state index contributed by atoms with van der Waals surface area (Å²) < 4.78 is 32.7. The SMILES string of the molecule is C=C[C@H]1C[C@H]2C[C@H](c3ccccc3)CC(S(=O)(=O)c3ccccc3)=C2O1. The molecule has 134 valence electrons. The maximum atomic E-state index is 13.3. The van der Waals surface area contributed by atoms with Crippen LogP contribution in [0.25, 0.3) is 0 Å². The molecule has 2 aromatic rings. The maximum Gasteiger partial charge on any atom is 0.206 e. The standard InChI is InChI=1S/C22H22O3S/c1-2-19-14-18-13-17(16-9-5-3-6-10-16)15-21(22(18)25-19)26(23,24)20-11-7-4-8-12-20/h2-12,17-19H,1,13-15H2/t17-,18+,19-/m0/s1. The van der Waals surface area contributed by atoms with Crippen LogP contribution in [0.5, 0.6) is 0 Å². The Morgan fingerprint density at radius 1 is 0.923 bits per heavy atom. The number of hydrogen-bond donors (Lipinski definition) is 0. The molecule has 1 heterocycles. The average molecular weight is 366 g/mol. The highest BCUT2D eigenvalue weighted by molar-refractivity contribution is 7.95. The van der Waals surface area contributed by atoms with Crippen molar-refractivity contribution in [2.45, 2.75) is 36.2 Å². The van der Waals surface area contributed by atoms with E-state index in [9.17, 15) is 8.42 Å². The fraction of sp³-hybridized carbons (Fsp3) is 0.273. The second-order valence-electron chi connectivity index (χ2n) is 6.98. The van der Waals surface area contributed by atoms with Crippen molar-refractivity contribution in [3.05, 3.63) is 89.5 Å². The van der Waals surface area contributed by atoms with Gasteiger partial charge in [-0.2, -0.15) is 0 Å². The van der Waals surface area contributed by atoms with E-state index in [0.29, 0.717) is 22.0 Å². The summed E-state index contributed by atoms with van der Waals surface area (Å²) >= 11 is 0. The van der Waals surface area contributed by atoms with Crippen LogP contribution < -0.4 is 0 Å². The molecule has 1 aliphatic carbocycles. The number of fused-ring (bicyclic) bond motifs is 1. The van der Waals surface area contributed by atoms with Gasteiger partial charge in [0.1, 0.15) is 11.9 Å². The van der Waals surface area contributed by atoms with Crippen LogP contribution >= 0.6 is 0 Å². The van der Waals surface area contributed by atoms with E-state index in [1.165, 1.54) is 5.56 Å². The second-order valence-corrected chi connectivity index (χ2v) is 8.95. The van der Waals surface area contributed by atoms with Crippen molar-refractivity contribution >= 4 is 9.84 Å². The van der Waals surface area contributed by atoms with Crippen LogP contribution in [0.1, 0.15) is 30.7 Å². The largest absolute Gasteiger partial charge is 0.489 e. The monoisotopic (exact) mass is 366 g/mol. The molecule has 3 atom stereocenters. The topological polar surface area (TPSA) is 43.4 Å². The Balaban J connectivity index is 1.79. The summed E-state index contributed by atoms with van der Waals surface area (Å²) in [7, 11) is -3.57. The van der Waals surface area contributed by atoms with Crippen LogP contribution in [0.3, 0.4) is 0 Å². The van der Waals surface area contributed by atoms with Gasteiger partial charge in [-0.05, 0) is 42.9 Å². The summed E-state index contributed by atoms with van der Waals surface area (Å²) in [6.45, 7) is 3.83. The molecule has 1 aliphatic heterocycles. The molecule has 4 rings (SSSR count). The summed E-state index contributed by atoms with van der Waals surface area (Å²) in [6, 6.07) is 18.8. The van der Waals surface area contributed by atoms with Crippen LogP contribution in [-0.4, -0.2) is 14.5 Å². The maximum absolute atomic E-state index is 13.3. The van der Waals surface area contributed by atoms with E-state index in [-0.39, 0.29) is 17.9 Å². The third-order valence-electron chi connectivity index (χ3n) is 5.35. The zero-order valence-electron chi connectivity index (χ0n) is 14.5. The van der Waals surface area contributed by atoms with Crippen molar-refractivity contribution in [1.82, 2.24) is 0 Å². The summed E-state index contributed by atoms with van der Waals surface area (Å²) in [5, 5.41) is 0. The van der Waals surface area contributed by atoms with Crippen molar-refractivity contribution in [3.8, 4) is 0 Å². The first-order chi connectivity index (χ1) is 12.6. The van der Waals surface area contributed by atoms with E-state index in [4.69, 9.17) is 4.74 Å². The van der Waals surface area contributed by atoms with E-state index in [2.05, 4.69) is 18.7 Å². The van der Waals surface area contributed by atoms with Gasteiger partial charge in [0, 0.05) is 5.92 Å². The van der Waals surface area contributed by atoms with Gasteiger partial charge >= 0.3 is 0 Å². The van der Waals surface area contributed by atoms with Gasteiger partial charge in [-0.25, -0.2) is 8.42 Å². The Morgan fingerprint density at radius 2 is 1.58 bits per heavy atom. The summed E-state index contributed by atoms with van der Waals surface area (Å²) in [5.41, 5.74) is 1.19. The van der Waals surface area contributed by atoms with E-state index >= 15 is 0 Å². The number of sulfone groups is 1. The van der Waals surface area contributed by atoms with E-state index in [0.717, 1.165) is 12.8 Å². The van der Waals surface area contributed by atoms with Gasteiger partial charge in [-0.1, -0.05) is 61.2 Å². The third kappa shape index (κ3) is 2.99. The number of hydrogen-bond acceptors (Lipinski definition) is 3. The molecule has 1 fully saturated rings. The molecule has 0 amide bonds. The molecular formula is C22H22O3S. The van der Waals surface area contributed by atoms with Crippen molar-refractivity contribution in [3.63, 3.8) is 0 Å². The molecule has 2 aromatic carbocycles. The summed E-state index contributed by atoms with van der Waals surface area (Å²) in [4.78, 5) is 0.777. The molecule has 0 saturated carbocycles. The fourth-order valence-corrected chi connectivity index (χ4v) is 5.75. The lowest BCUT2D eigenvalue weighted by Crippen LogP contribution is -2.20. The van der Waals surface area contributed by atoms with Gasteiger partial charge in [0.25, 0.3) is 0 Å². The highest BCUT2D eigenvalue weighted by Gasteiger charge is 2.42. The van der Waals surface area contributed by atoms with Gasteiger partial charge in [-0.15, -0.1) is 0 Å². The van der Waals surface area contributed by atoms with Gasteiger partial charge < -0.3 is 4.74 Å². The highest BCUT2D eigenvalue weighted by atomic mass is 32.2. The molecule has 0 bridgehead atoms. The lowest BCUT2D eigenvalue weighted by Gasteiger charge is -2.29. The number of benzene rings is 2. The minimum atomic E-state index is -3.57. The Morgan fingerprint density at radius 3 is 2.23 bits per heavy atom. The Hall–Kier alpha value is -2.33. The molecule has 0 unspecified atom stereocenters. The van der Waals surface area contributed by atoms with Crippen molar-refractivity contribution < 1.29 is 13.2 Å². The third-order valence-corrected chi connectivity index (χ3v) is 7.26. The minimum Gasteiger partial charge on any atom is -0.489 e. The van der Waals surface area contributed by atoms with Gasteiger partial charge in [0.15, 0.2) is 0 Å². The predicted octanol–water partition coefficient (Wildman–Crippen LogP) is 4.84. The van der Waals surface area contributed by atoms with Gasteiger partial charge in [0.2, 0.25) is 9.84 Å². The minimum absolute atomic E-state index is 0.106. The summed E-state index contributed by atoms with van der Waals surface area (Å²) in [5.74, 6) is 0.974. The van der Waals surface area contributed by atoms with Crippen molar-refractivity contribution in [1.29, 1.82) is 0 Å². The molecule has 3 nitrogen and oxygen atoms in total. The Labute approximate surface area is 154 Å². The average Bonchev–Trinajstić information content (AvgIpc) is 3.11. The molecule has 0 radical (unpaired) electrons. The first kappa shape index (κ1) is 17.1. The smallest absolute Gasteiger partial charge is 0.206 e.